The molecular weight excluding hydrogens is 591 g/mol. The van der Waals surface area contributed by atoms with Gasteiger partial charge in [0.05, 0.1) is 21.6 Å². The zero-order valence-corrected chi connectivity index (χ0v) is 25.1. The summed E-state index contributed by atoms with van der Waals surface area (Å²) >= 11 is 0. The number of fused-ring (bicyclic) bond motifs is 1. The molecule has 1 saturated heterocycles. The fraction of sp³-hybridized carbons (Fsp3) is 0.333. The number of nitrogens with one attached hydrogen (secondary N) is 3. The molecule has 1 aliphatic heterocycles. The Bertz CT molecular complexity index is 1690. The van der Waals surface area contributed by atoms with Gasteiger partial charge >= 0.3 is 0 Å². The molecular formula is C30H33FN6O6S. The molecule has 2 aromatic heterocycles. The van der Waals surface area contributed by atoms with Crippen molar-refractivity contribution in [2.24, 2.45) is 0 Å². The van der Waals surface area contributed by atoms with Crippen LogP contribution in [-0.4, -0.2) is 63.5 Å². The summed E-state index contributed by atoms with van der Waals surface area (Å²) < 4.78 is 42.0. The standard InChI is InChI=1S/C30H33FN6O6S/c1-3-36(4-2)21-5-7-24(27(16-21)43-22-15-20-9-12-32-28(20)33-18-22)29(38)35-44(41)23-6-8-25(26(17-23)37(39)40)34-19-30(31)10-13-42-14-11-30/h5-9,12,15-18,34H,3-4,10-11,13-14,19H2,1-2H3,(H,32,33)(H,35,38). The number of carbonyl (C=O) groups is 1. The van der Waals surface area contributed by atoms with Crippen LogP contribution in [0.4, 0.5) is 21.5 Å². The molecule has 232 valence electrons. The number of ether oxygens (including phenoxy) is 2. The maximum atomic E-state index is 15.0. The van der Waals surface area contributed by atoms with Gasteiger partial charge in [0.2, 0.25) is 0 Å². The van der Waals surface area contributed by atoms with Crippen molar-refractivity contribution in [2.45, 2.75) is 37.3 Å². The first-order valence-electron chi connectivity index (χ1n) is 14.2. The molecule has 44 heavy (non-hydrogen) atoms. The lowest BCUT2D eigenvalue weighted by Crippen LogP contribution is -2.38. The van der Waals surface area contributed by atoms with E-state index in [9.17, 15) is 19.1 Å². The second-order valence-electron chi connectivity index (χ2n) is 10.3. The van der Waals surface area contributed by atoms with Gasteiger partial charge in [0.1, 0.15) is 28.5 Å². The largest absolute Gasteiger partial charge is 0.455 e. The maximum absolute atomic E-state index is 15.0. The van der Waals surface area contributed by atoms with Gasteiger partial charge in [-0.05, 0) is 50.2 Å². The van der Waals surface area contributed by atoms with E-state index >= 15 is 4.39 Å². The summed E-state index contributed by atoms with van der Waals surface area (Å²) in [7, 11) is -2.16. The number of nitrogens with zero attached hydrogens (tertiary/aromatic N) is 3. The third kappa shape index (κ3) is 6.97. The van der Waals surface area contributed by atoms with Crippen LogP contribution in [0.3, 0.4) is 0 Å². The molecule has 1 unspecified atom stereocenters. The van der Waals surface area contributed by atoms with Crippen molar-refractivity contribution in [1.29, 1.82) is 0 Å². The van der Waals surface area contributed by atoms with Crippen molar-refractivity contribution >= 4 is 45.0 Å². The number of benzene rings is 2. The first kappa shape index (κ1) is 30.9. The predicted octanol–water partition coefficient (Wildman–Crippen LogP) is 5.49. The van der Waals surface area contributed by atoms with Crippen molar-refractivity contribution in [3.63, 3.8) is 0 Å². The Balaban J connectivity index is 1.37. The smallest absolute Gasteiger partial charge is 0.293 e. The number of aromatic amines is 1. The summed E-state index contributed by atoms with van der Waals surface area (Å²) in [6.07, 6.45) is 3.65. The van der Waals surface area contributed by atoms with Gasteiger partial charge in [-0.25, -0.2) is 13.6 Å². The molecule has 3 heterocycles. The SMILES string of the molecule is CCN(CC)c1ccc(C(=O)NS(=O)c2ccc(NCC3(F)CCOCC3)c([N+](=O)[O-])c2)c(Oc2cnc3[nH]ccc3c2)c1. The van der Waals surface area contributed by atoms with Gasteiger partial charge in [-0.3, -0.25) is 19.6 Å². The van der Waals surface area contributed by atoms with Crippen LogP contribution in [0.5, 0.6) is 11.5 Å². The molecule has 1 atom stereocenters. The van der Waals surface area contributed by atoms with Crippen molar-refractivity contribution in [3.8, 4) is 11.5 Å². The van der Waals surface area contributed by atoms with E-state index in [0.29, 0.717) is 11.4 Å². The maximum Gasteiger partial charge on any atom is 0.293 e. The number of H-pyrrole nitrogens is 1. The van der Waals surface area contributed by atoms with Gasteiger partial charge in [-0.1, -0.05) is 0 Å². The normalized spacial score (nSPS) is 15.0. The summed E-state index contributed by atoms with van der Waals surface area (Å²) in [5.74, 6) is -0.0817. The van der Waals surface area contributed by atoms with Crippen LogP contribution in [0.25, 0.3) is 11.0 Å². The quantitative estimate of drug-likeness (QED) is 0.137. The lowest BCUT2D eigenvalue weighted by atomic mass is 9.96. The number of amides is 1. The van der Waals surface area contributed by atoms with E-state index in [2.05, 4.69) is 24.9 Å². The number of alkyl halides is 1. The lowest BCUT2D eigenvalue weighted by molar-refractivity contribution is -0.384. The average Bonchev–Trinajstić information content (AvgIpc) is 3.49. The van der Waals surface area contributed by atoms with Gasteiger partial charge in [0, 0.05) is 75.1 Å². The topological polar surface area (TPSA) is 152 Å². The highest BCUT2D eigenvalue weighted by molar-refractivity contribution is 7.83. The van der Waals surface area contributed by atoms with Crippen molar-refractivity contribution < 1.29 is 27.8 Å². The van der Waals surface area contributed by atoms with E-state index < -0.39 is 27.5 Å². The van der Waals surface area contributed by atoms with E-state index in [1.165, 1.54) is 18.3 Å². The fourth-order valence-corrected chi connectivity index (χ4v) is 5.77. The van der Waals surface area contributed by atoms with Crippen LogP contribution < -0.4 is 19.7 Å². The zero-order valence-electron chi connectivity index (χ0n) is 24.3. The number of nitro groups is 1. The van der Waals surface area contributed by atoms with Crippen LogP contribution in [0, 0.1) is 10.1 Å². The molecule has 0 bridgehead atoms. The molecule has 3 N–H and O–H groups in total. The number of pyridine rings is 1. The monoisotopic (exact) mass is 624 g/mol. The number of aromatic nitrogens is 2. The molecule has 0 spiro atoms. The highest BCUT2D eigenvalue weighted by Crippen LogP contribution is 2.33. The Kier molecular flexibility index (Phi) is 9.40. The van der Waals surface area contributed by atoms with Crippen molar-refractivity contribution in [3.05, 3.63) is 76.6 Å². The molecule has 5 rings (SSSR count). The van der Waals surface area contributed by atoms with E-state index in [1.807, 2.05) is 19.9 Å². The summed E-state index contributed by atoms with van der Waals surface area (Å²) in [5.41, 5.74) is -0.229. The molecule has 12 nitrogen and oxygen atoms in total. The number of hydrogen-bond acceptors (Lipinski definition) is 9. The van der Waals surface area contributed by atoms with Crippen LogP contribution in [0.2, 0.25) is 0 Å². The minimum absolute atomic E-state index is 0.000895. The summed E-state index contributed by atoms with van der Waals surface area (Å²) in [4.78, 5) is 34.0. The van der Waals surface area contributed by atoms with Gasteiger partial charge < -0.3 is 24.7 Å². The molecule has 0 saturated carbocycles. The third-order valence-corrected chi connectivity index (χ3v) is 8.54. The molecule has 1 amide bonds. The Hall–Kier alpha value is -4.56. The van der Waals surface area contributed by atoms with E-state index in [1.54, 1.807) is 30.5 Å². The van der Waals surface area contributed by atoms with Crippen molar-refractivity contribution in [2.75, 3.05) is 43.1 Å². The van der Waals surface area contributed by atoms with Gasteiger partial charge in [0.25, 0.3) is 11.6 Å². The molecule has 4 aromatic rings. The number of carbonyl (C=O) groups excluding carboxylic acids is 1. The molecule has 14 heteroatoms. The highest BCUT2D eigenvalue weighted by Gasteiger charge is 2.33. The van der Waals surface area contributed by atoms with Crippen LogP contribution in [-0.2, 0) is 15.7 Å². The second-order valence-corrected chi connectivity index (χ2v) is 11.5. The number of anilines is 2. The molecule has 1 aliphatic rings. The predicted molar refractivity (Wildman–Crippen MR) is 166 cm³/mol. The third-order valence-electron chi connectivity index (χ3n) is 7.49. The Morgan fingerprint density at radius 2 is 1.95 bits per heavy atom. The van der Waals surface area contributed by atoms with Crippen LogP contribution in [0.15, 0.2) is 65.8 Å². The highest BCUT2D eigenvalue weighted by atomic mass is 32.2. The fourth-order valence-electron chi connectivity index (χ4n) is 4.96. The second kappa shape index (κ2) is 13.4. The summed E-state index contributed by atoms with van der Waals surface area (Å²) in [5, 5.41) is 15.5. The van der Waals surface area contributed by atoms with E-state index in [-0.39, 0.29) is 60.2 Å². The van der Waals surface area contributed by atoms with E-state index in [0.717, 1.165) is 30.2 Å². The number of rotatable bonds is 12. The van der Waals surface area contributed by atoms with Crippen LogP contribution in [0.1, 0.15) is 37.0 Å². The zero-order chi connectivity index (χ0) is 31.3. The first-order valence-corrected chi connectivity index (χ1v) is 15.4. The minimum atomic E-state index is -2.16. The molecule has 1 fully saturated rings. The molecule has 2 aromatic carbocycles. The minimum Gasteiger partial charge on any atom is -0.455 e. The van der Waals surface area contributed by atoms with Gasteiger partial charge in [-0.2, -0.15) is 0 Å². The average molecular weight is 625 g/mol. The van der Waals surface area contributed by atoms with Crippen LogP contribution >= 0.6 is 0 Å². The molecule has 0 aliphatic carbocycles. The number of hydrogen-bond donors (Lipinski definition) is 3. The Morgan fingerprint density at radius 1 is 1.18 bits per heavy atom. The first-order chi connectivity index (χ1) is 21.2. The lowest BCUT2D eigenvalue weighted by Gasteiger charge is -2.29. The summed E-state index contributed by atoms with van der Waals surface area (Å²) in [6.45, 7) is 5.91. The summed E-state index contributed by atoms with van der Waals surface area (Å²) in [6, 6.07) is 12.6. The number of nitro benzene ring substituents is 1. The van der Waals surface area contributed by atoms with E-state index in [4.69, 9.17) is 9.47 Å². The van der Waals surface area contributed by atoms with Gasteiger partial charge in [-0.15, -0.1) is 0 Å². The van der Waals surface area contributed by atoms with Crippen molar-refractivity contribution in [1.82, 2.24) is 14.7 Å². The molecule has 0 radical (unpaired) electrons. The Labute approximate surface area is 255 Å². The van der Waals surface area contributed by atoms with Gasteiger partial charge in [0.15, 0.2) is 11.0 Å². The number of halogens is 1. The Morgan fingerprint density at radius 3 is 2.68 bits per heavy atom.